The summed E-state index contributed by atoms with van der Waals surface area (Å²) < 4.78 is 6.00. The van der Waals surface area contributed by atoms with Gasteiger partial charge in [0.25, 0.3) is 0 Å². The van der Waals surface area contributed by atoms with Crippen molar-refractivity contribution in [3.63, 3.8) is 0 Å². The molecular weight excluding hydrogens is 306 g/mol. The third-order valence-electron chi connectivity index (χ3n) is 3.90. The summed E-state index contributed by atoms with van der Waals surface area (Å²) in [6, 6.07) is 5.49. The lowest BCUT2D eigenvalue weighted by molar-refractivity contribution is 0.0942. The van der Waals surface area contributed by atoms with Gasteiger partial charge < -0.3 is 4.74 Å². The number of ketones is 1. The van der Waals surface area contributed by atoms with E-state index in [1.54, 1.807) is 7.11 Å². The van der Waals surface area contributed by atoms with E-state index in [9.17, 15) is 4.79 Å². The number of hydrogen-bond acceptors (Lipinski definition) is 3. The molecule has 0 aromatic heterocycles. The van der Waals surface area contributed by atoms with Gasteiger partial charge in [-0.15, -0.1) is 0 Å². The smallest absolute Gasteiger partial charge is 0.176 e. The zero-order valence-electron chi connectivity index (χ0n) is 11.6. The lowest BCUT2D eigenvalue weighted by atomic mass is 10.0. The lowest BCUT2D eigenvalue weighted by Crippen LogP contribution is -2.28. The number of benzene rings is 1. The molecule has 104 valence electrons. The summed E-state index contributed by atoms with van der Waals surface area (Å²) in [4.78, 5) is 14.5. The predicted octanol–water partition coefficient (Wildman–Crippen LogP) is 3.23. The van der Waals surface area contributed by atoms with Gasteiger partial charge in [0, 0.05) is 18.7 Å². The Balaban J connectivity index is 2.02. The van der Waals surface area contributed by atoms with Crippen molar-refractivity contribution in [2.45, 2.75) is 13.8 Å². The zero-order valence-corrected chi connectivity index (χ0v) is 13.2. The van der Waals surface area contributed by atoms with Crippen LogP contribution in [-0.2, 0) is 0 Å². The molecule has 2 unspecified atom stereocenters. The number of carbonyl (C=O) groups excluding carboxylic acids is 1. The molecule has 1 heterocycles. The highest BCUT2D eigenvalue weighted by atomic mass is 79.9. The zero-order chi connectivity index (χ0) is 14.0. The second kappa shape index (κ2) is 6.06. The second-order valence-electron chi connectivity index (χ2n) is 5.42. The van der Waals surface area contributed by atoms with Crippen molar-refractivity contribution in [3.05, 3.63) is 28.2 Å². The summed E-state index contributed by atoms with van der Waals surface area (Å²) >= 11 is 3.42. The molecule has 0 amide bonds. The van der Waals surface area contributed by atoms with Crippen molar-refractivity contribution in [2.24, 2.45) is 11.8 Å². The number of likely N-dealkylation sites (tertiary alicyclic amines) is 1. The maximum absolute atomic E-state index is 12.3. The average Bonchev–Trinajstić information content (AvgIpc) is 2.68. The molecule has 2 atom stereocenters. The van der Waals surface area contributed by atoms with Crippen LogP contribution in [0.5, 0.6) is 5.75 Å². The monoisotopic (exact) mass is 325 g/mol. The first-order valence-corrected chi connectivity index (χ1v) is 7.39. The van der Waals surface area contributed by atoms with E-state index < -0.39 is 0 Å². The molecule has 1 aromatic carbocycles. The van der Waals surface area contributed by atoms with Crippen molar-refractivity contribution >= 4 is 21.7 Å². The summed E-state index contributed by atoms with van der Waals surface area (Å²) in [6.45, 7) is 7.04. The van der Waals surface area contributed by atoms with Crippen LogP contribution in [0.15, 0.2) is 22.7 Å². The van der Waals surface area contributed by atoms with Crippen LogP contribution in [0.1, 0.15) is 24.2 Å². The van der Waals surface area contributed by atoms with Crippen LogP contribution in [-0.4, -0.2) is 37.4 Å². The SMILES string of the molecule is COc1ccc(C(=O)CN2CC(C)C(C)C2)cc1Br. The van der Waals surface area contributed by atoms with Gasteiger partial charge in [0.2, 0.25) is 0 Å². The Morgan fingerprint density at radius 2 is 2.00 bits per heavy atom. The maximum Gasteiger partial charge on any atom is 0.176 e. The van der Waals surface area contributed by atoms with Crippen LogP contribution < -0.4 is 4.74 Å². The molecule has 2 rings (SSSR count). The van der Waals surface area contributed by atoms with Gasteiger partial charge in [-0.1, -0.05) is 13.8 Å². The number of carbonyl (C=O) groups is 1. The largest absolute Gasteiger partial charge is 0.496 e. The Hall–Kier alpha value is -0.870. The number of ether oxygens (including phenoxy) is 1. The Labute approximate surface area is 123 Å². The van der Waals surface area contributed by atoms with Crippen LogP contribution in [0.3, 0.4) is 0 Å². The topological polar surface area (TPSA) is 29.5 Å². The minimum Gasteiger partial charge on any atom is -0.496 e. The molecule has 0 spiro atoms. The van der Waals surface area contributed by atoms with E-state index in [1.165, 1.54) is 0 Å². The first kappa shape index (κ1) is 14.5. The Morgan fingerprint density at radius 3 is 2.53 bits per heavy atom. The first-order valence-electron chi connectivity index (χ1n) is 6.60. The van der Waals surface area contributed by atoms with Gasteiger partial charge in [-0.25, -0.2) is 0 Å². The quantitative estimate of drug-likeness (QED) is 0.796. The van der Waals surface area contributed by atoms with E-state index in [-0.39, 0.29) is 5.78 Å². The second-order valence-corrected chi connectivity index (χ2v) is 6.28. The van der Waals surface area contributed by atoms with Gasteiger partial charge in [0.05, 0.1) is 18.1 Å². The molecule has 0 bridgehead atoms. The lowest BCUT2D eigenvalue weighted by Gasteiger charge is -2.14. The predicted molar refractivity (Wildman–Crippen MR) is 79.8 cm³/mol. The molecule has 0 aliphatic carbocycles. The molecule has 1 fully saturated rings. The minimum atomic E-state index is 0.171. The van der Waals surface area contributed by atoms with Crippen LogP contribution in [0.2, 0.25) is 0 Å². The number of hydrogen-bond donors (Lipinski definition) is 0. The molecule has 0 radical (unpaired) electrons. The third kappa shape index (κ3) is 3.37. The highest BCUT2D eigenvalue weighted by molar-refractivity contribution is 9.10. The van der Waals surface area contributed by atoms with Gasteiger partial charge in [0.15, 0.2) is 5.78 Å². The molecule has 1 aliphatic rings. The number of Topliss-reactive ketones (excluding diaryl/α,β-unsaturated/α-hetero) is 1. The molecule has 0 saturated carbocycles. The fourth-order valence-electron chi connectivity index (χ4n) is 2.51. The molecule has 0 N–H and O–H groups in total. The van der Waals surface area contributed by atoms with Gasteiger partial charge in [0.1, 0.15) is 5.75 Å². The van der Waals surface area contributed by atoms with Crippen LogP contribution in [0.25, 0.3) is 0 Å². The van der Waals surface area contributed by atoms with E-state index in [0.717, 1.165) is 28.9 Å². The molecule has 1 aromatic rings. The van der Waals surface area contributed by atoms with Gasteiger partial charge in [-0.3, -0.25) is 9.69 Å². The van der Waals surface area contributed by atoms with Crippen molar-refractivity contribution in [1.82, 2.24) is 4.90 Å². The number of halogens is 1. The Morgan fingerprint density at radius 1 is 1.37 bits per heavy atom. The highest BCUT2D eigenvalue weighted by Crippen LogP contribution is 2.26. The number of nitrogens with zero attached hydrogens (tertiary/aromatic N) is 1. The molecule has 1 aliphatic heterocycles. The average molecular weight is 326 g/mol. The fourth-order valence-corrected chi connectivity index (χ4v) is 3.05. The summed E-state index contributed by atoms with van der Waals surface area (Å²) in [6.07, 6.45) is 0. The van der Waals surface area contributed by atoms with Crippen molar-refractivity contribution < 1.29 is 9.53 Å². The van der Waals surface area contributed by atoms with Crippen LogP contribution in [0, 0.1) is 11.8 Å². The van der Waals surface area contributed by atoms with E-state index in [1.807, 2.05) is 18.2 Å². The van der Waals surface area contributed by atoms with E-state index in [4.69, 9.17) is 4.74 Å². The van der Waals surface area contributed by atoms with Crippen molar-refractivity contribution in [1.29, 1.82) is 0 Å². The minimum absolute atomic E-state index is 0.171. The van der Waals surface area contributed by atoms with Gasteiger partial charge in [-0.05, 0) is 46.0 Å². The molecule has 3 nitrogen and oxygen atoms in total. The van der Waals surface area contributed by atoms with Gasteiger partial charge >= 0.3 is 0 Å². The highest BCUT2D eigenvalue weighted by Gasteiger charge is 2.27. The summed E-state index contributed by atoms with van der Waals surface area (Å²) in [5, 5.41) is 0. The Bertz CT molecular complexity index is 465. The normalized spacial score (nSPS) is 23.6. The molecule has 1 saturated heterocycles. The molecular formula is C15H20BrNO2. The Kier molecular flexibility index (Phi) is 4.63. The van der Waals surface area contributed by atoms with Crippen LogP contribution >= 0.6 is 15.9 Å². The number of rotatable bonds is 4. The van der Waals surface area contributed by atoms with E-state index in [0.29, 0.717) is 18.4 Å². The van der Waals surface area contributed by atoms with E-state index in [2.05, 4.69) is 34.7 Å². The summed E-state index contributed by atoms with van der Waals surface area (Å²) in [5.74, 6) is 2.27. The van der Waals surface area contributed by atoms with Gasteiger partial charge in [-0.2, -0.15) is 0 Å². The summed E-state index contributed by atoms with van der Waals surface area (Å²) in [5.41, 5.74) is 0.736. The van der Waals surface area contributed by atoms with E-state index >= 15 is 0 Å². The van der Waals surface area contributed by atoms with Crippen molar-refractivity contribution in [3.8, 4) is 5.75 Å². The first-order chi connectivity index (χ1) is 9.01. The number of methoxy groups -OCH3 is 1. The third-order valence-corrected chi connectivity index (χ3v) is 4.52. The van der Waals surface area contributed by atoms with Crippen molar-refractivity contribution in [2.75, 3.05) is 26.7 Å². The maximum atomic E-state index is 12.3. The molecule has 4 heteroatoms. The summed E-state index contributed by atoms with van der Waals surface area (Å²) in [7, 11) is 1.62. The molecule has 19 heavy (non-hydrogen) atoms. The van der Waals surface area contributed by atoms with Crippen LogP contribution in [0.4, 0.5) is 0 Å². The standard InChI is InChI=1S/C15H20BrNO2/c1-10-7-17(8-11(10)2)9-14(18)12-4-5-15(19-3)13(16)6-12/h4-6,10-11H,7-9H2,1-3H3. The fraction of sp³-hybridized carbons (Fsp3) is 0.533.